The third-order valence-electron chi connectivity index (χ3n) is 3.23. The number of benzene rings is 1. The average Bonchev–Trinajstić information content (AvgIpc) is 3.04. The Bertz CT molecular complexity index is 874. The molecule has 2 aromatic rings. The van der Waals surface area contributed by atoms with Gasteiger partial charge in [-0.3, -0.25) is 4.79 Å². The molecule has 6 nitrogen and oxygen atoms in total. The molecule has 0 amide bonds. The van der Waals surface area contributed by atoms with E-state index in [0.717, 1.165) is 29.5 Å². The Kier molecular flexibility index (Phi) is 6.52. The van der Waals surface area contributed by atoms with Gasteiger partial charge in [0.05, 0.1) is 11.6 Å². The fourth-order valence-corrected chi connectivity index (χ4v) is 2.81. The number of carbonyl (C=O) groups is 2. The number of alkyl halides is 3. The first-order valence-corrected chi connectivity index (χ1v) is 8.38. The number of thiazole rings is 1. The molecule has 0 saturated heterocycles. The maximum atomic E-state index is 12.6. The number of rotatable bonds is 7. The number of esters is 1. The minimum Gasteiger partial charge on any atom is -0.482 e. The highest BCUT2D eigenvalue weighted by atomic mass is 32.1. The highest BCUT2D eigenvalue weighted by molar-refractivity contribution is 7.09. The van der Waals surface area contributed by atoms with Crippen LogP contribution in [0.4, 0.5) is 13.2 Å². The summed E-state index contributed by atoms with van der Waals surface area (Å²) in [6.45, 7) is 0.369. The highest BCUT2D eigenvalue weighted by Gasteiger charge is 2.30. The molecule has 0 aliphatic heterocycles. The molecule has 10 heteroatoms. The smallest absolute Gasteiger partial charge is 0.416 e. The van der Waals surface area contributed by atoms with Crippen LogP contribution in [-0.2, 0) is 20.5 Å². The minimum absolute atomic E-state index is 0.165. The lowest BCUT2D eigenvalue weighted by Gasteiger charge is -2.10. The van der Waals surface area contributed by atoms with Gasteiger partial charge in [-0.25, -0.2) is 9.78 Å². The van der Waals surface area contributed by atoms with Gasteiger partial charge < -0.3 is 9.47 Å². The lowest BCUT2D eigenvalue weighted by Crippen LogP contribution is -2.23. The molecule has 1 aromatic carbocycles. The normalized spacial score (nSPS) is 12.1. The van der Waals surface area contributed by atoms with Gasteiger partial charge in [-0.1, -0.05) is 6.07 Å². The zero-order chi connectivity index (χ0) is 20.0. The van der Waals surface area contributed by atoms with Gasteiger partial charge in [0.25, 0.3) is 0 Å². The van der Waals surface area contributed by atoms with Crippen molar-refractivity contribution in [1.82, 2.24) is 4.98 Å². The second-order valence-electron chi connectivity index (χ2n) is 5.33. The van der Waals surface area contributed by atoms with E-state index in [2.05, 4.69) is 4.98 Å². The Morgan fingerprint density at radius 1 is 1.33 bits per heavy atom. The van der Waals surface area contributed by atoms with Gasteiger partial charge in [-0.2, -0.15) is 18.4 Å². The summed E-state index contributed by atoms with van der Waals surface area (Å²) in [7, 11) is 0. The van der Waals surface area contributed by atoms with Gasteiger partial charge in [-0.05, 0) is 25.1 Å². The Morgan fingerprint density at radius 2 is 2.07 bits per heavy atom. The van der Waals surface area contributed by atoms with Gasteiger partial charge in [0, 0.05) is 11.1 Å². The summed E-state index contributed by atoms with van der Waals surface area (Å²) in [5, 5.41) is 11.1. The van der Waals surface area contributed by atoms with Crippen molar-refractivity contribution in [1.29, 1.82) is 5.26 Å². The molecule has 0 unspecified atom stereocenters. The standard InChI is InChI=1S/C17H13F3N2O4S/c1-10-9-27-16(22-10)13(6-21)14(23)7-26-15(24)8-25-12-4-2-3-11(5-12)17(18,19)20/h2-5,9,13H,7-8H2,1H3/t13-/m0/s1. The van der Waals surface area contributed by atoms with E-state index in [9.17, 15) is 22.8 Å². The number of nitrogens with zero attached hydrogens (tertiary/aromatic N) is 2. The van der Waals surface area contributed by atoms with Gasteiger partial charge in [-0.15, -0.1) is 11.3 Å². The van der Waals surface area contributed by atoms with Crippen LogP contribution in [0.1, 0.15) is 22.2 Å². The molecule has 142 valence electrons. The SMILES string of the molecule is Cc1csc([C@@H](C#N)C(=O)COC(=O)COc2cccc(C(F)(F)F)c2)n1. The predicted molar refractivity (Wildman–Crippen MR) is 88.1 cm³/mol. The number of aromatic nitrogens is 1. The maximum absolute atomic E-state index is 12.6. The van der Waals surface area contributed by atoms with E-state index >= 15 is 0 Å². The third-order valence-corrected chi connectivity index (χ3v) is 4.26. The number of halogens is 3. The Hall–Kier alpha value is -2.93. The predicted octanol–water partition coefficient (Wildman–Crippen LogP) is 3.27. The molecule has 0 bridgehead atoms. The molecule has 2 rings (SSSR count). The lowest BCUT2D eigenvalue weighted by molar-refractivity contribution is -0.150. The zero-order valence-corrected chi connectivity index (χ0v) is 14.8. The van der Waals surface area contributed by atoms with Crippen LogP contribution in [0.2, 0.25) is 0 Å². The van der Waals surface area contributed by atoms with Crippen LogP contribution in [0, 0.1) is 18.3 Å². The van der Waals surface area contributed by atoms with Crippen molar-refractivity contribution in [3.63, 3.8) is 0 Å². The highest BCUT2D eigenvalue weighted by Crippen LogP contribution is 2.31. The Labute approximate surface area is 156 Å². The zero-order valence-electron chi connectivity index (χ0n) is 13.9. The topological polar surface area (TPSA) is 89.3 Å². The summed E-state index contributed by atoms with van der Waals surface area (Å²) in [6.07, 6.45) is -4.53. The Morgan fingerprint density at radius 3 is 2.67 bits per heavy atom. The molecule has 1 heterocycles. The number of ether oxygens (including phenoxy) is 2. The van der Waals surface area contributed by atoms with Crippen LogP contribution in [-0.4, -0.2) is 30.0 Å². The van der Waals surface area contributed by atoms with Crippen LogP contribution >= 0.6 is 11.3 Å². The van der Waals surface area contributed by atoms with Crippen molar-refractivity contribution in [2.75, 3.05) is 13.2 Å². The average molecular weight is 398 g/mol. The number of ketones is 1. The van der Waals surface area contributed by atoms with E-state index in [-0.39, 0.29) is 5.75 Å². The summed E-state index contributed by atoms with van der Waals surface area (Å²) in [6, 6.07) is 5.81. The van der Waals surface area contributed by atoms with Crippen molar-refractivity contribution in [2.45, 2.75) is 19.0 Å². The van der Waals surface area contributed by atoms with E-state index in [1.54, 1.807) is 18.4 Å². The first-order valence-electron chi connectivity index (χ1n) is 7.50. The second kappa shape index (κ2) is 8.64. The van der Waals surface area contributed by atoms with Crippen LogP contribution < -0.4 is 4.74 Å². The largest absolute Gasteiger partial charge is 0.482 e. The van der Waals surface area contributed by atoms with Gasteiger partial charge in [0.2, 0.25) is 0 Å². The molecular weight excluding hydrogens is 385 g/mol. The first kappa shape index (κ1) is 20.4. The summed E-state index contributed by atoms with van der Waals surface area (Å²) in [5.41, 5.74) is -0.256. The number of Topliss-reactive ketones (excluding diaryl/α,β-unsaturated/α-hetero) is 1. The van der Waals surface area contributed by atoms with Crippen molar-refractivity contribution in [2.24, 2.45) is 0 Å². The number of carbonyl (C=O) groups excluding carboxylic acids is 2. The van der Waals surface area contributed by atoms with Crippen molar-refractivity contribution >= 4 is 23.1 Å². The summed E-state index contributed by atoms with van der Waals surface area (Å²) in [5.74, 6) is -2.92. The molecule has 1 atom stereocenters. The van der Waals surface area contributed by atoms with Crippen LogP contribution in [0.3, 0.4) is 0 Å². The number of hydrogen-bond donors (Lipinski definition) is 0. The lowest BCUT2D eigenvalue weighted by atomic mass is 10.1. The molecule has 0 aliphatic rings. The van der Waals surface area contributed by atoms with E-state index in [0.29, 0.717) is 10.7 Å². The molecule has 0 fully saturated rings. The molecule has 27 heavy (non-hydrogen) atoms. The van der Waals surface area contributed by atoms with Crippen LogP contribution in [0.5, 0.6) is 5.75 Å². The fraction of sp³-hybridized carbons (Fsp3) is 0.294. The molecule has 0 radical (unpaired) electrons. The van der Waals surface area contributed by atoms with Gasteiger partial charge in [0.1, 0.15) is 10.8 Å². The monoisotopic (exact) mass is 398 g/mol. The number of nitriles is 1. The molecule has 0 aliphatic carbocycles. The fourth-order valence-electron chi connectivity index (χ4n) is 1.95. The van der Waals surface area contributed by atoms with Crippen molar-refractivity contribution in [3.8, 4) is 11.8 Å². The number of hydrogen-bond acceptors (Lipinski definition) is 7. The molecular formula is C17H13F3N2O4S. The molecule has 0 spiro atoms. The molecule has 0 N–H and O–H groups in total. The Balaban J connectivity index is 1.86. The summed E-state index contributed by atoms with van der Waals surface area (Å²) < 4.78 is 47.5. The molecule has 1 aromatic heterocycles. The van der Waals surface area contributed by atoms with Crippen LogP contribution in [0.25, 0.3) is 0 Å². The van der Waals surface area contributed by atoms with E-state index in [4.69, 9.17) is 14.7 Å². The minimum atomic E-state index is -4.53. The van der Waals surface area contributed by atoms with Crippen molar-refractivity contribution < 1.29 is 32.2 Å². The third kappa shape index (κ3) is 5.79. The van der Waals surface area contributed by atoms with Crippen molar-refractivity contribution in [3.05, 3.63) is 45.9 Å². The van der Waals surface area contributed by atoms with E-state index in [1.165, 1.54) is 6.07 Å². The number of aryl methyl sites for hydroxylation is 1. The van der Waals surface area contributed by atoms with E-state index < -0.39 is 42.6 Å². The molecule has 0 saturated carbocycles. The quantitative estimate of drug-likeness (QED) is 0.665. The maximum Gasteiger partial charge on any atom is 0.416 e. The van der Waals surface area contributed by atoms with E-state index in [1.807, 2.05) is 0 Å². The van der Waals surface area contributed by atoms with Gasteiger partial charge >= 0.3 is 12.1 Å². The second-order valence-corrected chi connectivity index (χ2v) is 6.22. The summed E-state index contributed by atoms with van der Waals surface area (Å²) in [4.78, 5) is 27.7. The van der Waals surface area contributed by atoms with Gasteiger partial charge in [0.15, 0.2) is 24.9 Å². The van der Waals surface area contributed by atoms with Crippen LogP contribution in [0.15, 0.2) is 29.6 Å². The summed E-state index contributed by atoms with van der Waals surface area (Å²) >= 11 is 1.14. The first-order chi connectivity index (χ1) is 12.7.